The number of nitrogens with zero attached hydrogens (tertiary/aromatic N) is 2. The van der Waals surface area contributed by atoms with Crippen LogP contribution in [0.4, 0.5) is 5.00 Å². The quantitative estimate of drug-likeness (QED) is 0.885. The summed E-state index contributed by atoms with van der Waals surface area (Å²) in [7, 11) is 1.86. The summed E-state index contributed by atoms with van der Waals surface area (Å²) in [4.78, 5) is 0. The molecule has 0 saturated carbocycles. The van der Waals surface area contributed by atoms with Crippen LogP contribution in [0.2, 0.25) is 0 Å². The van der Waals surface area contributed by atoms with Crippen molar-refractivity contribution in [3.8, 4) is 5.75 Å². The summed E-state index contributed by atoms with van der Waals surface area (Å²) in [5.74, 6) is 0.874. The third kappa shape index (κ3) is 2.94. The number of aromatic nitrogens is 2. The molecular formula is C12H15N3OS. The SMILES string of the molecule is CCc1cccc(OCc2nnsc2NC)c1. The van der Waals surface area contributed by atoms with Crippen LogP contribution in [0.1, 0.15) is 18.2 Å². The van der Waals surface area contributed by atoms with Crippen LogP contribution >= 0.6 is 11.5 Å². The Morgan fingerprint density at radius 1 is 1.41 bits per heavy atom. The highest BCUT2D eigenvalue weighted by Crippen LogP contribution is 2.20. The summed E-state index contributed by atoms with van der Waals surface area (Å²) in [5.41, 5.74) is 2.12. The second-order valence-corrected chi connectivity index (χ2v) is 4.34. The highest BCUT2D eigenvalue weighted by Gasteiger charge is 2.06. The third-order valence-electron chi connectivity index (χ3n) is 2.47. The Labute approximate surface area is 105 Å². The van der Waals surface area contributed by atoms with E-state index in [9.17, 15) is 0 Å². The molecule has 1 N–H and O–H groups in total. The first kappa shape index (κ1) is 11.9. The van der Waals surface area contributed by atoms with E-state index in [0.717, 1.165) is 22.9 Å². The molecule has 0 spiro atoms. The zero-order chi connectivity index (χ0) is 12.1. The fourth-order valence-corrected chi connectivity index (χ4v) is 2.02. The molecule has 5 heteroatoms. The molecule has 0 aliphatic carbocycles. The lowest BCUT2D eigenvalue weighted by molar-refractivity contribution is 0.301. The van der Waals surface area contributed by atoms with E-state index in [1.807, 2.05) is 19.2 Å². The van der Waals surface area contributed by atoms with Crippen molar-refractivity contribution in [1.82, 2.24) is 9.59 Å². The van der Waals surface area contributed by atoms with E-state index in [2.05, 4.69) is 34.0 Å². The Hall–Kier alpha value is -1.62. The lowest BCUT2D eigenvalue weighted by Gasteiger charge is -2.06. The van der Waals surface area contributed by atoms with Crippen LogP contribution < -0.4 is 10.1 Å². The predicted octanol–water partition coefficient (Wildman–Crippen LogP) is 2.72. The maximum atomic E-state index is 5.70. The number of anilines is 1. The smallest absolute Gasteiger partial charge is 0.136 e. The second kappa shape index (κ2) is 5.63. The lowest BCUT2D eigenvalue weighted by atomic mass is 10.2. The largest absolute Gasteiger partial charge is 0.487 e. The minimum atomic E-state index is 0.444. The number of rotatable bonds is 5. The molecule has 90 valence electrons. The number of benzene rings is 1. The molecule has 0 fully saturated rings. The molecule has 0 unspecified atom stereocenters. The molecular weight excluding hydrogens is 234 g/mol. The van der Waals surface area contributed by atoms with Gasteiger partial charge in [-0.15, -0.1) is 5.10 Å². The van der Waals surface area contributed by atoms with Crippen LogP contribution in [0, 0.1) is 0 Å². The van der Waals surface area contributed by atoms with Crippen molar-refractivity contribution in [1.29, 1.82) is 0 Å². The van der Waals surface area contributed by atoms with E-state index in [1.165, 1.54) is 17.1 Å². The van der Waals surface area contributed by atoms with E-state index in [1.54, 1.807) is 0 Å². The van der Waals surface area contributed by atoms with Gasteiger partial charge in [0.15, 0.2) is 0 Å². The number of nitrogens with one attached hydrogen (secondary N) is 1. The first-order chi connectivity index (χ1) is 8.33. The third-order valence-corrected chi connectivity index (χ3v) is 3.25. The Morgan fingerprint density at radius 2 is 2.29 bits per heavy atom. The number of aryl methyl sites for hydroxylation is 1. The van der Waals surface area contributed by atoms with Gasteiger partial charge in [-0.25, -0.2) is 0 Å². The Balaban J connectivity index is 2.02. The zero-order valence-corrected chi connectivity index (χ0v) is 10.8. The minimum absolute atomic E-state index is 0.444. The summed E-state index contributed by atoms with van der Waals surface area (Å²) in [6.45, 7) is 2.57. The van der Waals surface area contributed by atoms with E-state index in [4.69, 9.17) is 4.74 Å². The number of hydrogen-bond donors (Lipinski definition) is 1. The number of ether oxygens (including phenoxy) is 1. The van der Waals surface area contributed by atoms with E-state index < -0.39 is 0 Å². The van der Waals surface area contributed by atoms with Crippen molar-refractivity contribution in [3.63, 3.8) is 0 Å². The van der Waals surface area contributed by atoms with Gasteiger partial charge < -0.3 is 10.1 Å². The molecule has 0 saturated heterocycles. The molecule has 0 atom stereocenters. The van der Waals surface area contributed by atoms with Crippen molar-refractivity contribution in [2.24, 2.45) is 0 Å². The van der Waals surface area contributed by atoms with Crippen LogP contribution in [-0.4, -0.2) is 16.6 Å². The molecule has 17 heavy (non-hydrogen) atoms. The molecule has 1 aromatic carbocycles. The Morgan fingerprint density at radius 3 is 3.06 bits per heavy atom. The molecule has 2 aromatic rings. The molecule has 0 amide bonds. The molecule has 0 bridgehead atoms. The lowest BCUT2D eigenvalue weighted by Crippen LogP contribution is -1.99. The molecule has 1 heterocycles. The van der Waals surface area contributed by atoms with Gasteiger partial charge in [0.1, 0.15) is 23.1 Å². The van der Waals surface area contributed by atoms with Crippen LogP contribution in [0.15, 0.2) is 24.3 Å². The Bertz CT molecular complexity index is 484. The molecule has 0 aliphatic heterocycles. The van der Waals surface area contributed by atoms with Crippen molar-refractivity contribution in [2.75, 3.05) is 12.4 Å². The van der Waals surface area contributed by atoms with Crippen LogP contribution in [0.25, 0.3) is 0 Å². The Kier molecular flexibility index (Phi) is 3.93. The van der Waals surface area contributed by atoms with Crippen molar-refractivity contribution in [3.05, 3.63) is 35.5 Å². The van der Waals surface area contributed by atoms with Gasteiger partial charge >= 0.3 is 0 Å². The highest BCUT2D eigenvalue weighted by molar-refractivity contribution is 7.10. The van der Waals surface area contributed by atoms with Crippen molar-refractivity contribution in [2.45, 2.75) is 20.0 Å². The molecule has 0 aliphatic rings. The summed E-state index contributed by atoms with van der Waals surface area (Å²) in [5, 5.41) is 8.03. The molecule has 2 rings (SSSR count). The first-order valence-electron chi connectivity index (χ1n) is 5.54. The highest BCUT2D eigenvalue weighted by atomic mass is 32.1. The maximum Gasteiger partial charge on any atom is 0.136 e. The van der Waals surface area contributed by atoms with Gasteiger partial charge in [0.25, 0.3) is 0 Å². The van der Waals surface area contributed by atoms with Crippen molar-refractivity contribution >= 4 is 16.5 Å². The van der Waals surface area contributed by atoms with Gasteiger partial charge in [-0.3, -0.25) is 0 Å². The topological polar surface area (TPSA) is 47.0 Å². The van der Waals surface area contributed by atoms with E-state index in [0.29, 0.717) is 6.61 Å². The van der Waals surface area contributed by atoms with Gasteiger partial charge in [-0.2, -0.15) is 0 Å². The summed E-state index contributed by atoms with van der Waals surface area (Å²) in [6.07, 6.45) is 1.01. The predicted molar refractivity (Wildman–Crippen MR) is 69.6 cm³/mol. The monoisotopic (exact) mass is 249 g/mol. The van der Waals surface area contributed by atoms with Gasteiger partial charge in [0.05, 0.1) is 0 Å². The summed E-state index contributed by atoms with van der Waals surface area (Å²) in [6, 6.07) is 8.11. The molecule has 0 radical (unpaired) electrons. The standard InChI is InChI=1S/C12H15N3OS/c1-3-9-5-4-6-10(7-9)16-8-11-12(13-2)17-15-14-11/h4-7,13H,3,8H2,1-2H3. The maximum absolute atomic E-state index is 5.70. The minimum Gasteiger partial charge on any atom is -0.487 e. The average Bonchev–Trinajstić information content (AvgIpc) is 2.84. The second-order valence-electron chi connectivity index (χ2n) is 3.59. The first-order valence-corrected chi connectivity index (χ1v) is 6.31. The van der Waals surface area contributed by atoms with Gasteiger partial charge in [0, 0.05) is 18.6 Å². The van der Waals surface area contributed by atoms with Gasteiger partial charge in [-0.1, -0.05) is 23.5 Å². The van der Waals surface area contributed by atoms with Crippen molar-refractivity contribution < 1.29 is 4.74 Å². The fourth-order valence-electron chi connectivity index (χ4n) is 1.50. The molecule has 1 aromatic heterocycles. The molecule has 4 nitrogen and oxygen atoms in total. The van der Waals surface area contributed by atoms with Crippen LogP contribution in [0.5, 0.6) is 5.75 Å². The van der Waals surface area contributed by atoms with E-state index in [-0.39, 0.29) is 0 Å². The fraction of sp³-hybridized carbons (Fsp3) is 0.333. The summed E-state index contributed by atoms with van der Waals surface area (Å²) < 4.78 is 9.59. The van der Waals surface area contributed by atoms with E-state index >= 15 is 0 Å². The van der Waals surface area contributed by atoms with Crippen LogP contribution in [-0.2, 0) is 13.0 Å². The number of hydrogen-bond acceptors (Lipinski definition) is 5. The van der Waals surface area contributed by atoms with Gasteiger partial charge in [0.2, 0.25) is 0 Å². The summed E-state index contributed by atoms with van der Waals surface area (Å²) >= 11 is 1.34. The average molecular weight is 249 g/mol. The van der Waals surface area contributed by atoms with Crippen LogP contribution in [0.3, 0.4) is 0 Å². The zero-order valence-electron chi connectivity index (χ0n) is 9.93. The van der Waals surface area contributed by atoms with Gasteiger partial charge in [-0.05, 0) is 24.1 Å². The normalized spacial score (nSPS) is 10.2.